The van der Waals surface area contributed by atoms with E-state index in [2.05, 4.69) is 29.4 Å². The van der Waals surface area contributed by atoms with Gasteiger partial charge < -0.3 is 14.6 Å². The second kappa shape index (κ2) is 9.28. The Bertz CT molecular complexity index is 1190. The molecule has 32 heavy (non-hydrogen) atoms. The maximum absolute atomic E-state index is 12.5. The van der Waals surface area contributed by atoms with Gasteiger partial charge in [-0.2, -0.15) is 0 Å². The molecule has 1 aliphatic rings. The summed E-state index contributed by atoms with van der Waals surface area (Å²) in [5, 5.41) is 2.95. The second-order valence-electron chi connectivity index (χ2n) is 8.15. The number of benzene rings is 3. The Hall–Kier alpha value is -3.57. The Morgan fingerprint density at radius 1 is 0.969 bits per heavy atom. The quantitative estimate of drug-likeness (QED) is 0.422. The van der Waals surface area contributed by atoms with Gasteiger partial charge in [0.2, 0.25) is 0 Å². The van der Waals surface area contributed by atoms with Crippen molar-refractivity contribution < 1.29 is 14.4 Å². The number of H-pyrrole nitrogens is 1. The first-order valence-electron chi connectivity index (χ1n) is 11.1. The number of carbonyl (C=O) groups excluding carboxylic acids is 1. The first-order chi connectivity index (χ1) is 15.8. The summed E-state index contributed by atoms with van der Waals surface area (Å²) in [5.41, 5.74) is 3.94. The average molecular weight is 427 g/mol. The van der Waals surface area contributed by atoms with Crippen molar-refractivity contribution in [3.8, 4) is 5.75 Å². The van der Waals surface area contributed by atoms with Gasteiger partial charge in [-0.25, -0.2) is 4.79 Å². The second-order valence-corrected chi connectivity index (χ2v) is 8.15. The van der Waals surface area contributed by atoms with Crippen molar-refractivity contribution in [3.05, 3.63) is 102 Å². The molecule has 162 valence electrons. The molecule has 4 aromatic rings. The summed E-state index contributed by atoms with van der Waals surface area (Å²) in [5.74, 6) is 0.566. The van der Waals surface area contributed by atoms with E-state index in [1.54, 1.807) is 12.1 Å². The maximum Gasteiger partial charge on any atom is 0.357 e. The summed E-state index contributed by atoms with van der Waals surface area (Å²) in [4.78, 5) is 21.7. The largest absolute Gasteiger partial charge is 0.488 e. The molecule has 3 aromatic carbocycles. The van der Waals surface area contributed by atoms with E-state index in [4.69, 9.17) is 9.57 Å². The van der Waals surface area contributed by atoms with Gasteiger partial charge in [0, 0.05) is 23.6 Å². The van der Waals surface area contributed by atoms with Crippen LogP contribution < -0.4 is 4.74 Å². The Morgan fingerprint density at radius 2 is 1.75 bits per heavy atom. The highest BCUT2D eigenvalue weighted by Crippen LogP contribution is 2.32. The van der Waals surface area contributed by atoms with E-state index in [0.29, 0.717) is 12.2 Å². The SMILES string of the molecule is O=C(ON1CCC[C@H]1Cc1c[nH]c2cccc(OCc3ccccc3)c12)c1ccccc1. The van der Waals surface area contributed by atoms with Gasteiger partial charge in [0.1, 0.15) is 12.4 Å². The van der Waals surface area contributed by atoms with E-state index >= 15 is 0 Å². The summed E-state index contributed by atoms with van der Waals surface area (Å²) < 4.78 is 6.20. The minimum Gasteiger partial charge on any atom is -0.488 e. The van der Waals surface area contributed by atoms with Crippen LogP contribution in [0.25, 0.3) is 10.9 Å². The number of aromatic amines is 1. The lowest BCUT2D eigenvalue weighted by atomic mass is 10.0. The van der Waals surface area contributed by atoms with E-state index in [9.17, 15) is 4.79 Å². The lowest BCUT2D eigenvalue weighted by Gasteiger charge is -2.23. The van der Waals surface area contributed by atoms with Crippen LogP contribution in [0, 0.1) is 0 Å². The molecule has 1 fully saturated rings. The number of hydrogen-bond acceptors (Lipinski definition) is 4. The molecule has 1 aromatic heterocycles. The summed E-state index contributed by atoms with van der Waals surface area (Å²) in [6.07, 6.45) is 4.83. The third-order valence-electron chi connectivity index (χ3n) is 5.97. The van der Waals surface area contributed by atoms with Crippen molar-refractivity contribution >= 4 is 16.9 Å². The summed E-state index contributed by atoms with van der Waals surface area (Å²) in [6.45, 7) is 1.28. The minimum absolute atomic E-state index is 0.142. The molecule has 0 unspecified atom stereocenters. The molecule has 0 aliphatic carbocycles. The van der Waals surface area contributed by atoms with Crippen LogP contribution in [-0.4, -0.2) is 28.6 Å². The highest BCUT2D eigenvalue weighted by Gasteiger charge is 2.29. The zero-order valence-corrected chi connectivity index (χ0v) is 17.9. The number of hydrogen-bond donors (Lipinski definition) is 1. The van der Waals surface area contributed by atoms with Gasteiger partial charge in [-0.15, -0.1) is 5.06 Å². The molecule has 0 radical (unpaired) electrons. The van der Waals surface area contributed by atoms with E-state index in [0.717, 1.165) is 48.0 Å². The summed E-state index contributed by atoms with van der Waals surface area (Å²) in [6, 6.07) is 25.6. The van der Waals surface area contributed by atoms with Crippen LogP contribution in [0.4, 0.5) is 0 Å². The van der Waals surface area contributed by atoms with Crippen molar-refractivity contribution in [2.45, 2.75) is 31.9 Å². The van der Waals surface area contributed by atoms with Crippen molar-refractivity contribution in [1.82, 2.24) is 10.0 Å². The van der Waals surface area contributed by atoms with Crippen LogP contribution in [-0.2, 0) is 17.9 Å². The predicted molar refractivity (Wildman–Crippen MR) is 124 cm³/mol. The van der Waals surface area contributed by atoms with Gasteiger partial charge in [-0.05, 0) is 54.7 Å². The zero-order valence-electron chi connectivity index (χ0n) is 17.9. The number of aromatic nitrogens is 1. The van der Waals surface area contributed by atoms with Gasteiger partial charge >= 0.3 is 5.97 Å². The van der Waals surface area contributed by atoms with Crippen molar-refractivity contribution in [2.75, 3.05) is 6.54 Å². The predicted octanol–water partition coefficient (Wildman–Crippen LogP) is 5.53. The molecule has 0 spiro atoms. The molecule has 1 N–H and O–H groups in total. The average Bonchev–Trinajstić information content (AvgIpc) is 3.46. The van der Waals surface area contributed by atoms with Gasteiger partial charge in [-0.3, -0.25) is 0 Å². The van der Waals surface area contributed by atoms with Gasteiger partial charge in [-0.1, -0.05) is 54.6 Å². The molecular formula is C27H26N2O3. The van der Waals surface area contributed by atoms with Gasteiger partial charge in [0.25, 0.3) is 0 Å². The molecule has 5 nitrogen and oxygen atoms in total. The zero-order chi connectivity index (χ0) is 21.8. The normalized spacial score (nSPS) is 16.3. The van der Waals surface area contributed by atoms with E-state index in [1.165, 1.54) is 5.56 Å². The van der Waals surface area contributed by atoms with Crippen LogP contribution in [0.2, 0.25) is 0 Å². The molecule has 5 rings (SSSR count). The topological polar surface area (TPSA) is 54.6 Å². The van der Waals surface area contributed by atoms with Crippen LogP contribution in [0.15, 0.2) is 85.1 Å². The van der Waals surface area contributed by atoms with E-state index < -0.39 is 0 Å². The maximum atomic E-state index is 12.5. The Morgan fingerprint density at radius 3 is 2.56 bits per heavy atom. The highest BCUT2D eigenvalue weighted by atomic mass is 16.7. The fourth-order valence-electron chi connectivity index (χ4n) is 4.36. The molecule has 2 heterocycles. The van der Waals surface area contributed by atoms with Crippen LogP contribution in [0.3, 0.4) is 0 Å². The fourth-order valence-corrected chi connectivity index (χ4v) is 4.36. The minimum atomic E-state index is -0.302. The van der Waals surface area contributed by atoms with Crippen molar-refractivity contribution in [1.29, 1.82) is 0 Å². The number of carbonyl (C=O) groups is 1. The number of nitrogens with zero attached hydrogens (tertiary/aromatic N) is 1. The first-order valence-corrected chi connectivity index (χ1v) is 11.1. The Kier molecular flexibility index (Phi) is 5.90. The number of hydroxylamine groups is 2. The van der Waals surface area contributed by atoms with Crippen LogP contribution >= 0.6 is 0 Å². The highest BCUT2D eigenvalue weighted by molar-refractivity contribution is 5.90. The molecule has 1 aliphatic heterocycles. The number of fused-ring (bicyclic) bond motifs is 1. The van der Waals surface area contributed by atoms with E-state index in [1.807, 2.05) is 53.6 Å². The third kappa shape index (κ3) is 4.39. The van der Waals surface area contributed by atoms with Crippen molar-refractivity contribution in [2.24, 2.45) is 0 Å². The molecule has 1 saturated heterocycles. The molecule has 0 bridgehead atoms. The summed E-state index contributed by atoms with van der Waals surface area (Å²) >= 11 is 0. The molecule has 1 atom stereocenters. The molecule has 0 saturated carbocycles. The monoisotopic (exact) mass is 426 g/mol. The van der Waals surface area contributed by atoms with Crippen molar-refractivity contribution in [3.63, 3.8) is 0 Å². The Balaban J connectivity index is 1.32. The van der Waals surface area contributed by atoms with Crippen LogP contribution in [0.1, 0.15) is 34.3 Å². The van der Waals surface area contributed by atoms with Gasteiger partial charge in [0.05, 0.1) is 11.6 Å². The standard InChI is InChI=1S/C27H26N2O3/c30-27(21-11-5-2-6-12-21)32-29-16-8-13-23(29)17-22-18-28-24-14-7-15-25(26(22)24)31-19-20-9-3-1-4-10-20/h1-7,9-12,14-15,18,23,28H,8,13,16-17,19H2/t23-/m0/s1. The first kappa shape index (κ1) is 20.3. The third-order valence-corrected chi connectivity index (χ3v) is 5.97. The lowest BCUT2D eigenvalue weighted by molar-refractivity contribution is -0.118. The molecule has 0 amide bonds. The molecule has 5 heteroatoms. The summed E-state index contributed by atoms with van der Waals surface area (Å²) in [7, 11) is 0. The van der Waals surface area contributed by atoms with Crippen LogP contribution in [0.5, 0.6) is 5.75 Å². The van der Waals surface area contributed by atoms with E-state index in [-0.39, 0.29) is 12.0 Å². The number of nitrogens with one attached hydrogen (secondary N) is 1. The molecular weight excluding hydrogens is 400 g/mol. The smallest absolute Gasteiger partial charge is 0.357 e. The number of rotatable bonds is 7. The van der Waals surface area contributed by atoms with Gasteiger partial charge in [0.15, 0.2) is 0 Å². The number of ether oxygens (including phenoxy) is 1. The fraction of sp³-hybridized carbons (Fsp3) is 0.222. The Labute approximate surface area is 187 Å². The lowest BCUT2D eigenvalue weighted by Crippen LogP contribution is -2.33.